The predicted molar refractivity (Wildman–Crippen MR) is 59.7 cm³/mol. The fourth-order valence-corrected chi connectivity index (χ4v) is 1.22. The normalized spacial score (nSPS) is 11.7. The third kappa shape index (κ3) is 7.06. The molecule has 72 valence electrons. The average Bonchev–Trinajstić information content (AvgIpc) is 2.11. The molecule has 0 N–H and O–H groups in total. The van der Waals surface area contributed by atoms with Gasteiger partial charge in [0.25, 0.3) is 0 Å². The lowest BCUT2D eigenvalue weighted by Gasteiger charge is -2.10. The second kappa shape index (κ2) is 9.48. The highest BCUT2D eigenvalue weighted by atomic mass is 127. The van der Waals surface area contributed by atoms with Crippen LogP contribution < -0.4 is 0 Å². The van der Waals surface area contributed by atoms with Crippen LogP contribution in [0.2, 0.25) is 0 Å². The summed E-state index contributed by atoms with van der Waals surface area (Å²) < 4.78 is 11.3. The van der Waals surface area contributed by atoms with Gasteiger partial charge in [-0.2, -0.15) is 0 Å². The molecule has 0 atom stereocenters. The molecule has 0 saturated carbocycles. The van der Waals surface area contributed by atoms with Gasteiger partial charge in [-0.05, 0) is 12.8 Å². The third-order valence-electron chi connectivity index (χ3n) is 1.54. The molecule has 0 aromatic carbocycles. The van der Waals surface area contributed by atoms with Gasteiger partial charge in [-0.15, -0.1) is 0 Å². The van der Waals surface area contributed by atoms with Crippen LogP contribution in [0.15, 0.2) is 12.2 Å². The van der Waals surface area contributed by atoms with Crippen LogP contribution in [-0.2, 0) is 9.47 Å². The molecule has 0 amide bonds. The van der Waals surface area contributed by atoms with Gasteiger partial charge >= 0.3 is 0 Å². The molecule has 3 heteroatoms. The Hall–Kier alpha value is 0.390. The number of halogens is 1. The Kier molecular flexibility index (Phi) is 9.79. The molecular formula is C9H17IO2. The van der Waals surface area contributed by atoms with Crippen LogP contribution in [-0.4, -0.2) is 24.9 Å². The summed E-state index contributed by atoms with van der Waals surface area (Å²) in [7, 11) is 3.34. The van der Waals surface area contributed by atoms with Crippen LogP contribution in [0, 0.1) is 0 Å². The van der Waals surface area contributed by atoms with Crippen LogP contribution in [0.3, 0.4) is 0 Å². The second-order valence-electron chi connectivity index (χ2n) is 2.43. The largest absolute Gasteiger partial charge is 0.356 e. The molecule has 0 unspecified atom stereocenters. The van der Waals surface area contributed by atoms with E-state index in [-0.39, 0.29) is 6.29 Å². The van der Waals surface area contributed by atoms with Crippen molar-refractivity contribution in [1.29, 1.82) is 0 Å². The van der Waals surface area contributed by atoms with Crippen LogP contribution in [0.4, 0.5) is 0 Å². The van der Waals surface area contributed by atoms with Crippen molar-refractivity contribution in [2.45, 2.75) is 25.6 Å². The van der Waals surface area contributed by atoms with Gasteiger partial charge in [-0.1, -0.05) is 34.7 Å². The van der Waals surface area contributed by atoms with E-state index in [4.69, 9.17) is 9.47 Å². The maximum absolute atomic E-state index is 5.05. The Bertz CT molecular complexity index is 111. The minimum absolute atomic E-state index is 0.0470. The van der Waals surface area contributed by atoms with Crippen LogP contribution in [0.5, 0.6) is 0 Å². The molecule has 0 fully saturated rings. The Balaban J connectivity index is 3.27. The first-order valence-corrected chi connectivity index (χ1v) is 5.64. The van der Waals surface area contributed by atoms with Gasteiger partial charge < -0.3 is 9.47 Å². The topological polar surface area (TPSA) is 18.5 Å². The highest BCUT2D eigenvalue weighted by molar-refractivity contribution is 14.1. The first-order chi connectivity index (χ1) is 5.85. The lowest BCUT2D eigenvalue weighted by Crippen LogP contribution is -2.11. The number of rotatable bonds is 7. The highest BCUT2D eigenvalue weighted by Crippen LogP contribution is 2.03. The second-order valence-corrected chi connectivity index (χ2v) is 3.51. The quantitative estimate of drug-likeness (QED) is 0.310. The maximum atomic E-state index is 5.05. The zero-order valence-corrected chi connectivity index (χ0v) is 9.91. The summed E-state index contributed by atoms with van der Waals surface area (Å²) in [5, 5.41) is 0. The molecule has 0 saturated heterocycles. The lowest BCUT2D eigenvalue weighted by molar-refractivity contribution is -0.105. The Morgan fingerprint density at radius 1 is 1.17 bits per heavy atom. The Morgan fingerprint density at radius 3 is 2.25 bits per heavy atom. The van der Waals surface area contributed by atoms with Crippen LogP contribution in [0.1, 0.15) is 19.3 Å². The molecule has 0 radical (unpaired) electrons. The molecule has 0 aromatic rings. The summed E-state index contributed by atoms with van der Waals surface area (Å²) in [4.78, 5) is 0. The van der Waals surface area contributed by atoms with Gasteiger partial charge in [-0.25, -0.2) is 0 Å². The zero-order valence-electron chi connectivity index (χ0n) is 7.75. The smallest absolute Gasteiger partial charge is 0.157 e. The van der Waals surface area contributed by atoms with E-state index in [1.807, 2.05) is 0 Å². The van der Waals surface area contributed by atoms with Crippen molar-refractivity contribution in [2.24, 2.45) is 0 Å². The molecule has 0 bridgehead atoms. The van der Waals surface area contributed by atoms with E-state index in [9.17, 15) is 0 Å². The summed E-state index contributed by atoms with van der Waals surface area (Å²) >= 11 is 2.37. The van der Waals surface area contributed by atoms with E-state index in [2.05, 4.69) is 34.7 Å². The summed E-state index contributed by atoms with van der Waals surface area (Å²) in [6.07, 6.45) is 7.46. The SMILES string of the molecule is COC(CC/C=C\CCI)OC. The number of allylic oxidation sites excluding steroid dienone is 2. The molecule has 0 aliphatic rings. The first-order valence-electron chi connectivity index (χ1n) is 4.11. The van der Waals surface area contributed by atoms with Crippen molar-refractivity contribution in [1.82, 2.24) is 0 Å². The van der Waals surface area contributed by atoms with Crippen molar-refractivity contribution in [3.63, 3.8) is 0 Å². The lowest BCUT2D eigenvalue weighted by atomic mass is 10.2. The first kappa shape index (κ1) is 12.4. The molecular weight excluding hydrogens is 267 g/mol. The minimum atomic E-state index is -0.0470. The van der Waals surface area contributed by atoms with Gasteiger partial charge in [-0.3, -0.25) is 0 Å². The van der Waals surface area contributed by atoms with Crippen molar-refractivity contribution in [3.05, 3.63) is 12.2 Å². The van der Waals surface area contributed by atoms with E-state index in [0.29, 0.717) is 0 Å². The van der Waals surface area contributed by atoms with Crippen molar-refractivity contribution in [2.75, 3.05) is 18.6 Å². The summed E-state index contributed by atoms with van der Waals surface area (Å²) in [5.41, 5.74) is 0. The van der Waals surface area contributed by atoms with Crippen molar-refractivity contribution < 1.29 is 9.47 Å². The molecule has 0 spiro atoms. The maximum Gasteiger partial charge on any atom is 0.157 e. The molecule has 0 aliphatic heterocycles. The van der Waals surface area contributed by atoms with Crippen LogP contribution >= 0.6 is 22.6 Å². The molecule has 0 aliphatic carbocycles. The number of hydrogen-bond donors (Lipinski definition) is 0. The van der Waals surface area contributed by atoms with Crippen molar-refractivity contribution in [3.8, 4) is 0 Å². The van der Waals surface area contributed by atoms with E-state index >= 15 is 0 Å². The molecule has 0 aromatic heterocycles. The minimum Gasteiger partial charge on any atom is -0.356 e. The molecule has 0 rings (SSSR count). The number of ether oxygens (including phenoxy) is 2. The number of hydrogen-bond acceptors (Lipinski definition) is 2. The third-order valence-corrected chi connectivity index (χ3v) is 2.16. The zero-order chi connectivity index (χ0) is 9.23. The molecule has 2 nitrogen and oxygen atoms in total. The van der Waals surface area contributed by atoms with Gasteiger partial charge in [0.15, 0.2) is 6.29 Å². The van der Waals surface area contributed by atoms with Gasteiger partial charge in [0.05, 0.1) is 0 Å². The Labute approximate surface area is 88.5 Å². The Morgan fingerprint density at radius 2 is 1.75 bits per heavy atom. The van der Waals surface area contributed by atoms with Crippen LogP contribution in [0.25, 0.3) is 0 Å². The summed E-state index contributed by atoms with van der Waals surface area (Å²) in [6.45, 7) is 0. The van der Waals surface area contributed by atoms with E-state index in [0.717, 1.165) is 19.3 Å². The molecule has 0 heterocycles. The monoisotopic (exact) mass is 284 g/mol. The standard InChI is InChI=1S/C9H17IO2/c1-11-9(12-2)7-5-3-4-6-8-10/h3-4,9H,5-8H2,1-2H3/b4-3-. The van der Waals surface area contributed by atoms with Gasteiger partial charge in [0.1, 0.15) is 0 Å². The number of alkyl halides is 1. The van der Waals surface area contributed by atoms with Gasteiger partial charge in [0, 0.05) is 25.1 Å². The fraction of sp³-hybridized carbons (Fsp3) is 0.778. The predicted octanol–water partition coefficient (Wildman–Crippen LogP) is 2.77. The average molecular weight is 284 g/mol. The summed E-state index contributed by atoms with van der Waals surface area (Å²) in [5.74, 6) is 0. The van der Waals surface area contributed by atoms with Crippen molar-refractivity contribution >= 4 is 22.6 Å². The van der Waals surface area contributed by atoms with Gasteiger partial charge in [0.2, 0.25) is 0 Å². The highest BCUT2D eigenvalue weighted by Gasteiger charge is 2.01. The van der Waals surface area contributed by atoms with E-state index in [1.165, 1.54) is 4.43 Å². The fourth-order valence-electron chi connectivity index (χ4n) is 0.863. The summed E-state index contributed by atoms with van der Waals surface area (Å²) in [6, 6.07) is 0. The molecule has 12 heavy (non-hydrogen) atoms. The van der Waals surface area contributed by atoms with E-state index in [1.54, 1.807) is 14.2 Å². The number of methoxy groups -OCH3 is 2. The van der Waals surface area contributed by atoms with E-state index < -0.39 is 0 Å².